The molecule has 0 aliphatic rings. The second-order valence-corrected chi connectivity index (χ2v) is 8.59. The molecule has 0 saturated heterocycles. The van der Waals surface area contributed by atoms with Crippen LogP contribution in [0.15, 0.2) is 42.5 Å². The molecule has 0 spiro atoms. The number of amides is 1. The molecule has 2 aromatic rings. The Balaban J connectivity index is 1.99. The normalized spacial score (nSPS) is 12.2. The minimum absolute atomic E-state index is 0.455. The average molecular weight is 420 g/mol. The van der Waals surface area contributed by atoms with Crippen LogP contribution in [0.3, 0.4) is 0 Å². The lowest BCUT2D eigenvalue weighted by atomic mass is 10.1. The van der Waals surface area contributed by atoms with E-state index in [0.29, 0.717) is 11.4 Å². The van der Waals surface area contributed by atoms with Gasteiger partial charge in [-0.3, -0.25) is 10.0 Å². The van der Waals surface area contributed by atoms with Gasteiger partial charge in [-0.2, -0.15) is 0 Å². The maximum absolute atomic E-state index is 12.3. The van der Waals surface area contributed by atoms with E-state index in [4.69, 9.17) is 4.74 Å². The fourth-order valence-electron chi connectivity index (χ4n) is 2.98. The van der Waals surface area contributed by atoms with Crippen molar-refractivity contribution in [1.82, 2.24) is 0 Å². The van der Waals surface area contributed by atoms with Crippen LogP contribution in [0.5, 0.6) is 0 Å². The molecule has 158 valence electrons. The van der Waals surface area contributed by atoms with Gasteiger partial charge in [-0.25, -0.2) is 13.2 Å². The molecule has 0 bridgehead atoms. The summed E-state index contributed by atoms with van der Waals surface area (Å²) < 4.78 is 30.4. The zero-order valence-corrected chi connectivity index (χ0v) is 18.3. The minimum atomic E-state index is -3.33. The predicted octanol–water partition coefficient (Wildman–Crippen LogP) is 4.52. The molecule has 0 heterocycles. The van der Waals surface area contributed by atoms with Gasteiger partial charge in [0.2, 0.25) is 10.0 Å². The molecule has 1 unspecified atom stereocenters. The Morgan fingerprint density at radius 2 is 1.72 bits per heavy atom. The number of rotatable bonds is 8. The van der Waals surface area contributed by atoms with Crippen molar-refractivity contribution < 1.29 is 17.9 Å². The molecule has 0 aromatic heterocycles. The summed E-state index contributed by atoms with van der Waals surface area (Å²) in [6.45, 7) is 9.75. The van der Waals surface area contributed by atoms with Crippen LogP contribution >= 0.6 is 0 Å². The third-order valence-corrected chi connectivity index (χ3v) is 5.15. The lowest BCUT2D eigenvalue weighted by molar-refractivity contribution is 0.121. The number of carbonyl (C=O) groups is 1. The lowest BCUT2D eigenvalue weighted by Crippen LogP contribution is -2.22. The fourth-order valence-corrected chi connectivity index (χ4v) is 3.54. The number of nitrogens with one attached hydrogen (secondary N) is 2. The summed E-state index contributed by atoms with van der Waals surface area (Å²) in [5.74, 6) is 0. The summed E-state index contributed by atoms with van der Waals surface area (Å²) in [7, 11) is -3.33. The third-order valence-electron chi connectivity index (χ3n) is 4.54. The smallest absolute Gasteiger partial charge is 0.412 e. The maximum Gasteiger partial charge on any atom is 0.412 e. The van der Waals surface area contributed by atoms with E-state index in [0.717, 1.165) is 36.2 Å². The molecule has 29 heavy (non-hydrogen) atoms. The Kier molecular flexibility index (Phi) is 7.50. The number of benzene rings is 2. The number of carbonyl (C=O) groups excluding carboxylic acids is 1. The first-order chi connectivity index (χ1) is 13.6. The van der Waals surface area contributed by atoms with E-state index in [2.05, 4.69) is 28.8 Å². The first-order valence-electron chi connectivity index (χ1n) is 9.54. The molecule has 2 N–H and O–H groups in total. The van der Waals surface area contributed by atoms with E-state index in [1.165, 1.54) is 0 Å². The van der Waals surface area contributed by atoms with Crippen molar-refractivity contribution in [3.05, 3.63) is 53.6 Å². The summed E-state index contributed by atoms with van der Waals surface area (Å²) in [5.41, 5.74) is 3.98. The largest absolute Gasteiger partial charge is 0.441 e. The Morgan fingerprint density at radius 3 is 2.24 bits per heavy atom. The van der Waals surface area contributed by atoms with Gasteiger partial charge < -0.3 is 9.64 Å². The number of hydrogen-bond acceptors (Lipinski definition) is 5. The molecule has 0 aliphatic carbocycles. The van der Waals surface area contributed by atoms with Crippen LogP contribution in [-0.2, 0) is 14.8 Å². The summed E-state index contributed by atoms with van der Waals surface area (Å²) in [4.78, 5) is 14.5. The molecule has 1 atom stereocenters. The number of anilines is 3. The molecule has 8 heteroatoms. The molecule has 0 fully saturated rings. The molecule has 0 radical (unpaired) electrons. The van der Waals surface area contributed by atoms with Crippen molar-refractivity contribution in [3.8, 4) is 0 Å². The highest BCUT2D eigenvalue weighted by atomic mass is 32.2. The van der Waals surface area contributed by atoms with Gasteiger partial charge in [0.05, 0.1) is 6.26 Å². The first kappa shape index (κ1) is 22.5. The van der Waals surface area contributed by atoms with Crippen molar-refractivity contribution >= 4 is 33.2 Å². The molecule has 1 amide bonds. The van der Waals surface area contributed by atoms with E-state index in [1.54, 1.807) is 31.2 Å². The quantitative estimate of drug-likeness (QED) is 0.657. The van der Waals surface area contributed by atoms with Crippen molar-refractivity contribution in [2.75, 3.05) is 34.3 Å². The van der Waals surface area contributed by atoms with Gasteiger partial charge in [-0.05, 0) is 69.2 Å². The number of sulfonamides is 1. The Hall–Kier alpha value is -2.74. The van der Waals surface area contributed by atoms with Crippen LogP contribution in [0.1, 0.15) is 38.0 Å². The van der Waals surface area contributed by atoms with Crippen molar-refractivity contribution in [3.63, 3.8) is 0 Å². The molecule has 2 rings (SSSR count). The van der Waals surface area contributed by atoms with Crippen LogP contribution in [0.4, 0.5) is 21.9 Å². The van der Waals surface area contributed by atoms with Crippen LogP contribution in [0.2, 0.25) is 0 Å². The number of ether oxygens (including phenoxy) is 1. The van der Waals surface area contributed by atoms with Crippen LogP contribution in [0, 0.1) is 6.92 Å². The first-order valence-corrected chi connectivity index (χ1v) is 11.4. The van der Waals surface area contributed by atoms with Crippen LogP contribution in [0.25, 0.3) is 0 Å². The molecule has 2 aromatic carbocycles. The van der Waals surface area contributed by atoms with E-state index in [-0.39, 0.29) is 0 Å². The molecule has 0 aliphatic heterocycles. The summed E-state index contributed by atoms with van der Waals surface area (Å²) >= 11 is 0. The Morgan fingerprint density at radius 1 is 1.10 bits per heavy atom. The zero-order valence-electron chi connectivity index (χ0n) is 17.5. The summed E-state index contributed by atoms with van der Waals surface area (Å²) in [5, 5.41) is 2.78. The molecule has 7 nitrogen and oxygen atoms in total. The molecular weight excluding hydrogens is 390 g/mol. The van der Waals surface area contributed by atoms with Crippen molar-refractivity contribution in [2.45, 2.75) is 33.8 Å². The van der Waals surface area contributed by atoms with Gasteiger partial charge in [-0.1, -0.05) is 12.1 Å². The van der Waals surface area contributed by atoms with Crippen LogP contribution < -0.4 is 14.9 Å². The van der Waals surface area contributed by atoms with Gasteiger partial charge in [0, 0.05) is 30.2 Å². The second-order valence-electron chi connectivity index (χ2n) is 6.84. The summed E-state index contributed by atoms with van der Waals surface area (Å²) in [6, 6.07) is 12.6. The van der Waals surface area contributed by atoms with Gasteiger partial charge in [0.25, 0.3) is 0 Å². The van der Waals surface area contributed by atoms with Gasteiger partial charge in [-0.15, -0.1) is 0 Å². The Labute approximate surface area is 173 Å². The maximum atomic E-state index is 12.3. The Bertz CT molecular complexity index is 939. The number of nitrogens with zero attached hydrogens (tertiary/aromatic N) is 1. The van der Waals surface area contributed by atoms with Crippen molar-refractivity contribution in [2.24, 2.45) is 0 Å². The van der Waals surface area contributed by atoms with E-state index < -0.39 is 22.2 Å². The minimum Gasteiger partial charge on any atom is -0.441 e. The zero-order chi connectivity index (χ0) is 21.6. The fraction of sp³-hybridized carbons (Fsp3) is 0.381. The number of aryl methyl sites for hydroxylation is 1. The highest BCUT2D eigenvalue weighted by Crippen LogP contribution is 2.24. The molecular formula is C21H29N3O4S. The number of hydrogen-bond donors (Lipinski definition) is 2. The van der Waals surface area contributed by atoms with Gasteiger partial charge in [0.1, 0.15) is 6.10 Å². The van der Waals surface area contributed by atoms with Crippen molar-refractivity contribution in [1.29, 1.82) is 0 Å². The van der Waals surface area contributed by atoms with E-state index >= 15 is 0 Å². The summed E-state index contributed by atoms with van der Waals surface area (Å²) in [6.07, 6.45) is 0.0557. The third kappa shape index (κ3) is 6.67. The predicted molar refractivity (Wildman–Crippen MR) is 118 cm³/mol. The monoisotopic (exact) mass is 419 g/mol. The van der Waals surface area contributed by atoms with Crippen LogP contribution in [-0.4, -0.2) is 33.9 Å². The highest BCUT2D eigenvalue weighted by Gasteiger charge is 2.14. The lowest BCUT2D eigenvalue weighted by Gasteiger charge is -2.22. The highest BCUT2D eigenvalue weighted by molar-refractivity contribution is 7.92. The topological polar surface area (TPSA) is 87.7 Å². The van der Waals surface area contributed by atoms with E-state index in [9.17, 15) is 13.2 Å². The van der Waals surface area contributed by atoms with E-state index in [1.807, 2.05) is 25.1 Å². The standard InChI is InChI=1S/C21H29N3O4S/c1-6-24(7-2)19-12-13-20(15(3)14-19)22-21(25)28-16(4)17-8-10-18(11-9-17)23-29(5,26)27/h8-14,16,23H,6-7H2,1-5H3,(H,22,25). The second kappa shape index (κ2) is 9.65. The van der Waals surface area contributed by atoms with Gasteiger partial charge in [0.15, 0.2) is 0 Å². The molecule has 0 saturated carbocycles. The van der Waals surface area contributed by atoms with Gasteiger partial charge >= 0.3 is 6.09 Å². The SMILES string of the molecule is CCN(CC)c1ccc(NC(=O)OC(C)c2ccc(NS(C)(=O)=O)cc2)c(C)c1. The average Bonchev–Trinajstić information content (AvgIpc) is 2.64.